The van der Waals surface area contributed by atoms with Gasteiger partial charge in [0.1, 0.15) is 5.69 Å². The quantitative estimate of drug-likeness (QED) is 0.505. The van der Waals surface area contributed by atoms with Gasteiger partial charge in [-0.3, -0.25) is 4.79 Å². The third-order valence-electron chi connectivity index (χ3n) is 3.60. The predicted octanol–water partition coefficient (Wildman–Crippen LogP) is 3.36. The molecule has 0 bridgehead atoms. The largest absolute Gasteiger partial charge is 0.351 e. The van der Waals surface area contributed by atoms with Crippen LogP contribution in [0, 0.1) is 0 Å². The Bertz CT molecular complexity index is 991. The second-order valence-corrected chi connectivity index (χ2v) is 6.08. The number of aromatic nitrogens is 5. The molecule has 2 aromatic heterocycles. The summed E-state index contributed by atoms with van der Waals surface area (Å²) in [6.07, 6.45) is 0. The summed E-state index contributed by atoms with van der Waals surface area (Å²) in [5, 5.41) is 17.7. The van der Waals surface area contributed by atoms with Crippen molar-refractivity contribution in [1.82, 2.24) is 25.6 Å². The summed E-state index contributed by atoms with van der Waals surface area (Å²) < 4.78 is 0.859. The van der Waals surface area contributed by atoms with Gasteiger partial charge in [0, 0.05) is 20.9 Å². The molecule has 0 radical (unpaired) electrons. The highest BCUT2D eigenvalue weighted by atomic mass is 79.9. The number of halogens is 1. The lowest BCUT2D eigenvalue weighted by Crippen LogP contribution is -2.13. The molecule has 0 spiro atoms. The molecule has 2 heterocycles. The van der Waals surface area contributed by atoms with Crippen molar-refractivity contribution in [3.05, 3.63) is 58.7 Å². The average Bonchev–Trinajstić information content (AvgIpc) is 3.25. The summed E-state index contributed by atoms with van der Waals surface area (Å²) in [6.45, 7) is 0. The van der Waals surface area contributed by atoms with Crippen LogP contribution in [0.5, 0.6) is 0 Å². The van der Waals surface area contributed by atoms with E-state index in [1.54, 1.807) is 6.07 Å². The third kappa shape index (κ3) is 2.67. The fourth-order valence-corrected chi connectivity index (χ4v) is 2.84. The number of carbonyl (C=O) groups excluding carboxylic acids is 1. The van der Waals surface area contributed by atoms with Gasteiger partial charge in [-0.1, -0.05) is 34.1 Å². The van der Waals surface area contributed by atoms with Crippen LogP contribution >= 0.6 is 15.9 Å². The molecule has 0 saturated heterocycles. The molecule has 1 amide bonds. The van der Waals surface area contributed by atoms with Crippen molar-refractivity contribution in [2.45, 2.75) is 0 Å². The summed E-state index contributed by atoms with van der Waals surface area (Å²) in [4.78, 5) is 15.7. The molecule has 0 saturated carbocycles. The van der Waals surface area contributed by atoms with Crippen LogP contribution < -0.4 is 5.32 Å². The van der Waals surface area contributed by atoms with Crippen LogP contribution in [0.3, 0.4) is 0 Å². The van der Waals surface area contributed by atoms with Crippen LogP contribution in [-0.4, -0.2) is 31.5 Å². The van der Waals surface area contributed by atoms with Crippen LogP contribution in [0.2, 0.25) is 0 Å². The molecule has 0 aliphatic carbocycles. The first-order valence-corrected chi connectivity index (χ1v) is 7.93. The van der Waals surface area contributed by atoms with E-state index in [1.807, 2.05) is 42.5 Å². The second kappa shape index (κ2) is 5.89. The van der Waals surface area contributed by atoms with Crippen molar-refractivity contribution in [2.75, 3.05) is 5.32 Å². The van der Waals surface area contributed by atoms with Crippen molar-refractivity contribution in [2.24, 2.45) is 0 Å². The number of fused-ring (bicyclic) bond motifs is 1. The molecular formula is C16H11BrN6O. The van der Waals surface area contributed by atoms with Crippen molar-refractivity contribution in [1.29, 1.82) is 0 Å². The number of hydrogen-bond acceptors (Lipinski definition) is 4. The Kier molecular flexibility index (Phi) is 3.58. The Morgan fingerprint density at radius 3 is 2.79 bits per heavy atom. The summed E-state index contributed by atoms with van der Waals surface area (Å²) in [7, 11) is 0. The molecule has 7 nitrogen and oxygen atoms in total. The van der Waals surface area contributed by atoms with Gasteiger partial charge < -0.3 is 10.3 Å². The molecule has 0 aliphatic heterocycles. The third-order valence-corrected chi connectivity index (χ3v) is 4.10. The van der Waals surface area contributed by atoms with Crippen molar-refractivity contribution in [3.63, 3.8) is 0 Å². The molecule has 118 valence electrons. The molecule has 0 unspecified atom stereocenters. The van der Waals surface area contributed by atoms with Gasteiger partial charge in [0.25, 0.3) is 5.91 Å². The van der Waals surface area contributed by atoms with E-state index in [0.717, 1.165) is 15.4 Å². The lowest BCUT2D eigenvalue weighted by molar-refractivity contribution is 0.102. The van der Waals surface area contributed by atoms with Crippen LogP contribution in [0.15, 0.2) is 53.0 Å². The minimum absolute atomic E-state index is 0.234. The first-order chi connectivity index (χ1) is 11.7. The summed E-state index contributed by atoms with van der Waals surface area (Å²) in [5.41, 5.74) is 2.71. The number of nitrogens with zero attached hydrogens (tertiary/aromatic N) is 3. The fourth-order valence-electron chi connectivity index (χ4n) is 2.48. The Labute approximate surface area is 144 Å². The Morgan fingerprint density at radius 2 is 2.00 bits per heavy atom. The predicted molar refractivity (Wildman–Crippen MR) is 93.6 cm³/mol. The summed E-state index contributed by atoms with van der Waals surface area (Å²) in [6, 6.07) is 15.0. The zero-order valence-electron chi connectivity index (χ0n) is 12.2. The minimum Gasteiger partial charge on any atom is -0.351 e. The SMILES string of the molecule is O=C(Nc1ccc(Br)cc1-c1nnn[nH]1)c1cc2ccccc2[nH]1. The monoisotopic (exact) mass is 382 g/mol. The highest BCUT2D eigenvalue weighted by Crippen LogP contribution is 2.28. The molecule has 0 fully saturated rings. The number of benzene rings is 2. The van der Waals surface area contributed by atoms with Crippen molar-refractivity contribution < 1.29 is 4.79 Å². The van der Waals surface area contributed by atoms with Gasteiger partial charge in [-0.05, 0) is 40.8 Å². The average molecular weight is 383 g/mol. The number of rotatable bonds is 3. The minimum atomic E-state index is -0.234. The number of amides is 1. The first-order valence-electron chi connectivity index (χ1n) is 7.13. The van der Waals surface area contributed by atoms with E-state index in [9.17, 15) is 4.79 Å². The van der Waals surface area contributed by atoms with Gasteiger partial charge >= 0.3 is 0 Å². The molecule has 24 heavy (non-hydrogen) atoms. The maximum atomic E-state index is 12.6. The standard InChI is InChI=1S/C16H11BrN6O/c17-10-5-6-13(11(8-10)15-20-22-23-21-15)19-16(24)14-7-9-3-1-2-4-12(9)18-14/h1-8,18H,(H,19,24)(H,20,21,22,23). The van der Waals surface area contributed by atoms with Gasteiger partial charge in [0.2, 0.25) is 0 Å². The van der Waals surface area contributed by atoms with Crippen LogP contribution in [0.4, 0.5) is 5.69 Å². The van der Waals surface area contributed by atoms with Gasteiger partial charge in [-0.2, -0.15) is 0 Å². The lowest BCUT2D eigenvalue weighted by atomic mass is 10.1. The Morgan fingerprint density at radius 1 is 1.12 bits per heavy atom. The van der Waals surface area contributed by atoms with Crippen LogP contribution in [-0.2, 0) is 0 Å². The van der Waals surface area contributed by atoms with E-state index in [1.165, 1.54) is 0 Å². The van der Waals surface area contributed by atoms with Gasteiger partial charge in [-0.15, -0.1) is 5.10 Å². The molecule has 0 atom stereocenters. The van der Waals surface area contributed by atoms with E-state index in [0.29, 0.717) is 22.8 Å². The lowest BCUT2D eigenvalue weighted by Gasteiger charge is -2.09. The number of para-hydroxylation sites is 1. The number of nitrogens with one attached hydrogen (secondary N) is 3. The Balaban J connectivity index is 1.69. The fraction of sp³-hybridized carbons (Fsp3) is 0. The van der Waals surface area contributed by atoms with Crippen LogP contribution in [0.25, 0.3) is 22.3 Å². The highest BCUT2D eigenvalue weighted by molar-refractivity contribution is 9.10. The highest BCUT2D eigenvalue weighted by Gasteiger charge is 2.14. The van der Waals surface area contributed by atoms with Gasteiger partial charge in [0.05, 0.1) is 5.69 Å². The van der Waals surface area contributed by atoms with E-state index < -0.39 is 0 Å². The number of aromatic amines is 2. The number of anilines is 1. The number of H-pyrrole nitrogens is 2. The molecule has 3 N–H and O–H groups in total. The molecular weight excluding hydrogens is 372 g/mol. The van der Waals surface area contributed by atoms with E-state index >= 15 is 0 Å². The number of hydrogen-bond donors (Lipinski definition) is 3. The number of tetrazole rings is 1. The Hall–Kier alpha value is -3.00. The summed E-state index contributed by atoms with van der Waals surface area (Å²) in [5.74, 6) is 0.241. The van der Waals surface area contributed by atoms with Gasteiger partial charge in [0.15, 0.2) is 5.82 Å². The number of carbonyl (C=O) groups is 1. The first kappa shape index (κ1) is 14.6. The van der Waals surface area contributed by atoms with E-state index in [4.69, 9.17) is 0 Å². The maximum Gasteiger partial charge on any atom is 0.272 e. The maximum absolute atomic E-state index is 12.6. The second-order valence-electron chi connectivity index (χ2n) is 5.16. The zero-order valence-corrected chi connectivity index (χ0v) is 13.8. The van der Waals surface area contributed by atoms with Crippen LogP contribution in [0.1, 0.15) is 10.5 Å². The normalized spacial score (nSPS) is 10.9. The van der Waals surface area contributed by atoms with Crippen molar-refractivity contribution in [3.8, 4) is 11.4 Å². The van der Waals surface area contributed by atoms with E-state index in [2.05, 4.69) is 46.9 Å². The zero-order chi connectivity index (χ0) is 16.5. The topological polar surface area (TPSA) is 99.3 Å². The van der Waals surface area contributed by atoms with E-state index in [-0.39, 0.29) is 5.91 Å². The van der Waals surface area contributed by atoms with Crippen molar-refractivity contribution >= 4 is 38.4 Å². The molecule has 0 aliphatic rings. The smallest absolute Gasteiger partial charge is 0.272 e. The van der Waals surface area contributed by atoms with Gasteiger partial charge in [-0.25, -0.2) is 5.10 Å². The molecule has 4 aromatic rings. The molecule has 2 aromatic carbocycles. The summed E-state index contributed by atoms with van der Waals surface area (Å²) >= 11 is 3.41. The molecule has 4 rings (SSSR count). The molecule has 8 heteroatoms.